The van der Waals surface area contributed by atoms with Crippen LogP contribution in [0.15, 0.2) is 18.3 Å². The van der Waals surface area contributed by atoms with Crippen molar-refractivity contribution in [1.29, 1.82) is 0 Å². The number of aromatic nitrogens is 1. The first-order chi connectivity index (χ1) is 9.72. The fraction of sp³-hybridized carbons (Fsp3) is 0.625. The van der Waals surface area contributed by atoms with E-state index in [9.17, 15) is 4.79 Å². The summed E-state index contributed by atoms with van der Waals surface area (Å²) < 4.78 is 0. The van der Waals surface area contributed by atoms with Crippen LogP contribution in [0.2, 0.25) is 0 Å². The summed E-state index contributed by atoms with van der Waals surface area (Å²) in [5, 5.41) is 6.38. The molecule has 0 bridgehead atoms. The van der Waals surface area contributed by atoms with Crippen molar-refractivity contribution in [2.24, 2.45) is 5.92 Å². The van der Waals surface area contributed by atoms with Crippen molar-refractivity contribution in [1.82, 2.24) is 4.98 Å². The average Bonchev–Trinajstić information content (AvgIpc) is 2.95. The minimum absolute atomic E-state index is 0.0892. The summed E-state index contributed by atoms with van der Waals surface area (Å²) in [6, 6.07) is 4.43. The Hall–Kier alpha value is -1.58. The Kier molecular flexibility index (Phi) is 5.39. The van der Waals surface area contributed by atoms with Crippen molar-refractivity contribution in [3.8, 4) is 0 Å². The van der Waals surface area contributed by atoms with Gasteiger partial charge in [-0.1, -0.05) is 26.7 Å². The van der Waals surface area contributed by atoms with Crippen molar-refractivity contribution in [2.45, 2.75) is 58.4 Å². The van der Waals surface area contributed by atoms with Crippen LogP contribution in [0.3, 0.4) is 0 Å². The number of anilines is 2. The highest BCUT2D eigenvalue weighted by Gasteiger charge is 2.16. The van der Waals surface area contributed by atoms with Crippen LogP contribution < -0.4 is 10.6 Å². The van der Waals surface area contributed by atoms with Gasteiger partial charge in [-0.2, -0.15) is 0 Å². The second-order valence-electron chi connectivity index (χ2n) is 5.56. The van der Waals surface area contributed by atoms with Gasteiger partial charge in [0.2, 0.25) is 5.91 Å². The fourth-order valence-electron chi connectivity index (χ4n) is 2.74. The molecule has 1 aliphatic carbocycles. The SMILES string of the molecule is CCC(CC)C(=O)Nc1ccc(NC2CCCC2)nc1. The molecule has 4 nitrogen and oxygen atoms in total. The van der Waals surface area contributed by atoms with Crippen LogP contribution in [0.5, 0.6) is 0 Å². The Balaban J connectivity index is 1.89. The molecule has 1 saturated carbocycles. The molecule has 2 rings (SSSR count). The minimum Gasteiger partial charge on any atom is -0.367 e. The van der Waals surface area contributed by atoms with E-state index in [1.807, 2.05) is 26.0 Å². The number of nitrogens with zero attached hydrogens (tertiary/aromatic N) is 1. The number of carbonyl (C=O) groups is 1. The summed E-state index contributed by atoms with van der Waals surface area (Å²) in [6.45, 7) is 4.08. The number of carbonyl (C=O) groups excluding carboxylic acids is 1. The third kappa shape index (κ3) is 3.95. The summed E-state index contributed by atoms with van der Waals surface area (Å²) >= 11 is 0. The van der Waals surface area contributed by atoms with E-state index < -0.39 is 0 Å². The molecular weight excluding hydrogens is 250 g/mol. The van der Waals surface area contributed by atoms with Gasteiger partial charge < -0.3 is 10.6 Å². The average molecular weight is 275 g/mol. The molecule has 20 heavy (non-hydrogen) atoms. The Bertz CT molecular complexity index is 420. The van der Waals surface area contributed by atoms with E-state index in [4.69, 9.17) is 0 Å². The third-order valence-electron chi connectivity index (χ3n) is 4.09. The molecule has 110 valence electrons. The summed E-state index contributed by atoms with van der Waals surface area (Å²) in [5.74, 6) is 1.08. The maximum absolute atomic E-state index is 12.0. The van der Waals surface area contributed by atoms with Gasteiger partial charge in [0.15, 0.2) is 0 Å². The van der Waals surface area contributed by atoms with Gasteiger partial charge in [0.05, 0.1) is 11.9 Å². The van der Waals surface area contributed by atoms with Crippen LogP contribution in [0.1, 0.15) is 52.4 Å². The molecule has 1 fully saturated rings. The summed E-state index contributed by atoms with van der Waals surface area (Å²) in [4.78, 5) is 16.4. The molecule has 1 amide bonds. The smallest absolute Gasteiger partial charge is 0.227 e. The number of hydrogen-bond donors (Lipinski definition) is 2. The Labute approximate surface area is 121 Å². The highest BCUT2D eigenvalue weighted by molar-refractivity contribution is 5.92. The van der Waals surface area contributed by atoms with Gasteiger partial charge in [-0.25, -0.2) is 4.98 Å². The van der Waals surface area contributed by atoms with Crippen LogP contribution in [-0.2, 0) is 4.79 Å². The first kappa shape index (κ1) is 14.8. The van der Waals surface area contributed by atoms with E-state index in [0.29, 0.717) is 6.04 Å². The first-order valence-electron chi connectivity index (χ1n) is 7.76. The monoisotopic (exact) mass is 275 g/mol. The molecule has 0 radical (unpaired) electrons. The van der Waals surface area contributed by atoms with E-state index in [-0.39, 0.29) is 11.8 Å². The molecule has 0 atom stereocenters. The van der Waals surface area contributed by atoms with E-state index in [0.717, 1.165) is 24.3 Å². The van der Waals surface area contributed by atoms with Gasteiger partial charge >= 0.3 is 0 Å². The predicted molar refractivity (Wildman–Crippen MR) is 82.8 cm³/mol. The maximum atomic E-state index is 12.0. The number of amides is 1. The number of rotatable bonds is 6. The molecule has 1 aromatic heterocycles. The quantitative estimate of drug-likeness (QED) is 0.830. The number of hydrogen-bond acceptors (Lipinski definition) is 3. The minimum atomic E-state index is 0.0892. The summed E-state index contributed by atoms with van der Waals surface area (Å²) in [5.41, 5.74) is 0.777. The second-order valence-corrected chi connectivity index (χ2v) is 5.56. The first-order valence-corrected chi connectivity index (χ1v) is 7.76. The second kappa shape index (κ2) is 7.27. The van der Waals surface area contributed by atoms with Crippen LogP contribution in [0, 0.1) is 5.92 Å². The van der Waals surface area contributed by atoms with Gasteiger partial charge in [0.1, 0.15) is 5.82 Å². The zero-order chi connectivity index (χ0) is 14.4. The van der Waals surface area contributed by atoms with Crippen LogP contribution >= 0.6 is 0 Å². The molecule has 1 aliphatic rings. The largest absolute Gasteiger partial charge is 0.367 e. The van der Waals surface area contributed by atoms with E-state index in [1.54, 1.807) is 6.20 Å². The lowest BCUT2D eigenvalue weighted by molar-refractivity contribution is -0.120. The lowest BCUT2D eigenvalue weighted by Gasteiger charge is -2.14. The molecule has 0 aromatic carbocycles. The maximum Gasteiger partial charge on any atom is 0.227 e. The molecule has 2 N–H and O–H groups in total. The van der Waals surface area contributed by atoms with Gasteiger partial charge in [0, 0.05) is 12.0 Å². The molecule has 0 aliphatic heterocycles. The molecular formula is C16H25N3O. The molecule has 1 heterocycles. The fourth-order valence-corrected chi connectivity index (χ4v) is 2.74. The van der Waals surface area contributed by atoms with E-state index in [1.165, 1.54) is 25.7 Å². The van der Waals surface area contributed by atoms with Gasteiger partial charge in [0.25, 0.3) is 0 Å². The lowest BCUT2D eigenvalue weighted by Crippen LogP contribution is -2.21. The zero-order valence-corrected chi connectivity index (χ0v) is 12.5. The molecule has 0 unspecified atom stereocenters. The van der Waals surface area contributed by atoms with E-state index in [2.05, 4.69) is 15.6 Å². The Morgan fingerprint density at radius 1 is 1.30 bits per heavy atom. The standard InChI is InChI=1S/C16H25N3O/c1-3-12(4-2)16(20)19-14-9-10-15(17-11-14)18-13-7-5-6-8-13/h9-13H,3-8H2,1-2H3,(H,17,18)(H,19,20). The van der Waals surface area contributed by atoms with Gasteiger partial charge in [-0.3, -0.25) is 4.79 Å². The Morgan fingerprint density at radius 3 is 2.55 bits per heavy atom. The molecule has 0 spiro atoms. The molecule has 4 heteroatoms. The number of nitrogens with one attached hydrogen (secondary N) is 2. The molecule has 1 aromatic rings. The van der Waals surface area contributed by atoms with Crippen LogP contribution in [0.4, 0.5) is 11.5 Å². The highest BCUT2D eigenvalue weighted by atomic mass is 16.1. The van der Waals surface area contributed by atoms with E-state index >= 15 is 0 Å². The summed E-state index contributed by atoms with van der Waals surface area (Å²) in [7, 11) is 0. The Morgan fingerprint density at radius 2 is 2.00 bits per heavy atom. The van der Waals surface area contributed by atoms with Crippen LogP contribution in [0.25, 0.3) is 0 Å². The van der Waals surface area contributed by atoms with Gasteiger partial charge in [-0.05, 0) is 37.8 Å². The number of pyridine rings is 1. The van der Waals surface area contributed by atoms with Crippen molar-refractivity contribution in [2.75, 3.05) is 10.6 Å². The van der Waals surface area contributed by atoms with Crippen molar-refractivity contribution < 1.29 is 4.79 Å². The van der Waals surface area contributed by atoms with Crippen molar-refractivity contribution in [3.63, 3.8) is 0 Å². The summed E-state index contributed by atoms with van der Waals surface area (Å²) in [6.07, 6.45) is 8.55. The molecule has 0 saturated heterocycles. The predicted octanol–water partition coefficient (Wildman–Crippen LogP) is 3.81. The van der Waals surface area contributed by atoms with Crippen molar-refractivity contribution in [3.05, 3.63) is 18.3 Å². The van der Waals surface area contributed by atoms with Crippen LogP contribution in [-0.4, -0.2) is 16.9 Å². The topological polar surface area (TPSA) is 54.0 Å². The normalized spacial score (nSPS) is 15.6. The lowest BCUT2D eigenvalue weighted by atomic mass is 10.0. The third-order valence-corrected chi connectivity index (χ3v) is 4.09. The zero-order valence-electron chi connectivity index (χ0n) is 12.5. The highest BCUT2D eigenvalue weighted by Crippen LogP contribution is 2.22. The van der Waals surface area contributed by atoms with Crippen molar-refractivity contribution >= 4 is 17.4 Å². The van der Waals surface area contributed by atoms with Gasteiger partial charge in [-0.15, -0.1) is 0 Å².